The summed E-state index contributed by atoms with van der Waals surface area (Å²) in [5, 5.41) is 1.00. The Morgan fingerprint density at radius 2 is 1.86 bits per heavy atom. The lowest BCUT2D eigenvalue weighted by Gasteiger charge is -1.94. The fourth-order valence-electron chi connectivity index (χ4n) is 1.41. The lowest BCUT2D eigenvalue weighted by atomic mass is 10.2. The Hall–Kier alpha value is -1.28. The highest BCUT2D eigenvalue weighted by molar-refractivity contribution is 7.17. The van der Waals surface area contributed by atoms with Gasteiger partial charge in [-0.15, -0.1) is 0 Å². The quantitative estimate of drug-likeness (QED) is 0.724. The van der Waals surface area contributed by atoms with Gasteiger partial charge in [-0.3, -0.25) is 0 Å². The van der Waals surface area contributed by atoms with Crippen molar-refractivity contribution in [1.29, 1.82) is 0 Å². The van der Waals surface area contributed by atoms with Crippen molar-refractivity contribution >= 4 is 11.3 Å². The molecule has 1 aromatic heterocycles. The van der Waals surface area contributed by atoms with Crippen LogP contribution in [0.1, 0.15) is 5.56 Å². The van der Waals surface area contributed by atoms with Gasteiger partial charge in [-0.25, -0.2) is 0 Å². The maximum absolute atomic E-state index is 5.27. The van der Waals surface area contributed by atoms with E-state index < -0.39 is 0 Å². The van der Waals surface area contributed by atoms with E-state index in [1.54, 1.807) is 18.4 Å². The summed E-state index contributed by atoms with van der Waals surface area (Å²) in [6, 6.07) is 12.5. The highest BCUT2D eigenvalue weighted by atomic mass is 32.1. The van der Waals surface area contributed by atoms with Gasteiger partial charge >= 0.3 is 0 Å². The first kappa shape index (κ1) is 9.28. The zero-order valence-corrected chi connectivity index (χ0v) is 9.10. The molecule has 1 aromatic carbocycles. The van der Waals surface area contributed by atoms with Crippen LogP contribution in [0.4, 0.5) is 0 Å². The van der Waals surface area contributed by atoms with Crippen LogP contribution in [0.2, 0.25) is 0 Å². The van der Waals surface area contributed by atoms with Gasteiger partial charge in [0.25, 0.3) is 0 Å². The van der Waals surface area contributed by atoms with Crippen molar-refractivity contribution in [3.05, 3.63) is 42.0 Å². The molecule has 2 aromatic rings. The van der Waals surface area contributed by atoms with E-state index in [0.29, 0.717) is 0 Å². The molecule has 0 fully saturated rings. The second-order valence-electron chi connectivity index (χ2n) is 3.15. The van der Waals surface area contributed by atoms with Gasteiger partial charge in [0.15, 0.2) is 5.06 Å². The molecule has 0 unspecified atom stereocenters. The minimum absolute atomic E-state index is 1.00. The van der Waals surface area contributed by atoms with Crippen molar-refractivity contribution in [2.24, 2.45) is 0 Å². The topological polar surface area (TPSA) is 9.23 Å². The summed E-state index contributed by atoms with van der Waals surface area (Å²) in [6.45, 7) is 2.07. The summed E-state index contributed by atoms with van der Waals surface area (Å²) >= 11 is 1.69. The summed E-state index contributed by atoms with van der Waals surface area (Å²) in [4.78, 5) is 1.26. The average molecular weight is 204 g/mol. The van der Waals surface area contributed by atoms with Crippen LogP contribution in [-0.4, -0.2) is 7.11 Å². The van der Waals surface area contributed by atoms with Gasteiger partial charge < -0.3 is 4.74 Å². The van der Waals surface area contributed by atoms with Gasteiger partial charge in [0, 0.05) is 10.4 Å². The number of benzene rings is 1. The Kier molecular flexibility index (Phi) is 2.55. The van der Waals surface area contributed by atoms with Gasteiger partial charge in [-0.2, -0.15) is 0 Å². The fraction of sp³-hybridized carbons (Fsp3) is 0.167. The van der Waals surface area contributed by atoms with Crippen molar-refractivity contribution in [1.82, 2.24) is 0 Å². The normalized spacial score (nSPS) is 10.1. The molecule has 1 nitrogen and oxygen atoms in total. The standard InChI is InChI=1S/C12H12OS/c1-9-8-11(14-12(9)13-2)10-6-4-3-5-7-10/h3-8H,1-2H3. The van der Waals surface area contributed by atoms with Gasteiger partial charge in [0.05, 0.1) is 7.11 Å². The fourth-order valence-corrected chi connectivity index (χ4v) is 2.41. The highest BCUT2D eigenvalue weighted by Gasteiger charge is 2.06. The SMILES string of the molecule is COc1sc(-c2ccccc2)cc1C. The van der Waals surface area contributed by atoms with Crippen LogP contribution in [0, 0.1) is 6.92 Å². The number of hydrogen-bond acceptors (Lipinski definition) is 2. The Bertz CT molecular complexity index is 417. The number of hydrogen-bond donors (Lipinski definition) is 0. The summed E-state index contributed by atoms with van der Waals surface area (Å²) in [6.07, 6.45) is 0. The van der Waals surface area contributed by atoms with E-state index >= 15 is 0 Å². The van der Waals surface area contributed by atoms with E-state index in [-0.39, 0.29) is 0 Å². The third kappa shape index (κ3) is 1.66. The molecule has 0 atom stereocenters. The summed E-state index contributed by atoms with van der Waals surface area (Å²) in [7, 11) is 1.72. The van der Waals surface area contributed by atoms with Crippen molar-refractivity contribution in [3.63, 3.8) is 0 Å². The first-order chi connectivity index (χ1) is 6.81. The van der Waals surface area contributed by atoms with Crippen molar-refractivity contribution in [2.75, 3.05) is 7.11 Å². The molecular formula is C12H12OS. The smallest absolute Gasteiger partial charge is 0.176 e. The number of aryl methyl sites for hydroxylation is 1. The molecule has 1 heterocycles. The van der Waals surface area contributed by atoms with Crippen molar-refractivity contribution in [3.8, 4) is 15.5 Å². The van der Waals surface area contributed by atoms with E-state index in [0.717, 1.165) is 5.06 Å². The molecular weight excluding hydrogens is 192 g/mol. The predicted octanol–water partition coefficient (Wildman–Crippen LogP) is 3.73. The molecule has 0 bridgehead atoms. The van der Waals surface area contributed by atoms with E-state index in [9.17, 15) is 0 Å². The molecule has 0 aliphatic rings. The summed E-state index contributed by atoms with van der Waals surface area (Å²) in [5.74, 6) is 0. The van der Waals surface area contributed by atoms with E-state index in [4.69, 9.17) is 4.74 Å². The molecule has 0 radical (unpaired) electrons. The van der Waals surface area contributed by atoms with Gasteiger partial charge in [0.1, 0.15) is 0 Å². The molecule has 0 saturated heterocycles. The maximum atomic E-state index is 5.27. The molecule has 2 heteroatoms. The lowest BCUT2D eigenvalue weighted by molar-refractivity contribution is 0.424. The largest absolute Gasteiger partial charge is 0.487 e. The first-order valence-corrected chi connectivity index (χ1v) is 5.33. The summed E-state index contributed by atoms with van der Waals surface area (Å²) in [5.41, 5.74) is 2.46. The number of ether oxygens (including phenoxy) is 1. The Morgan fingerprint density at radius 3 is 2.43 bits per heavy atom. The zero-order valence-electron chi connectivity index (χ0n) is 8.28. The molecule has 0 amide bonds. The Balaban J connectivity index is 2.43. The van der Waals surface area contributed by atoms with Gasteiger partial charge in [-0.1, -0.05) is 41.7 Å². The second-order valence-corrected chi connectivity index (χ2v) is 4.17. The third-order valence-corrected chi connectivity index (χ3v) is 3.36. The Morgan fingerprint density at radius 1 is 1.14 bits per heavy atom. The minimum Gasteiger partial charge on any atom is -0.487 e. The van der Waals surface area contributed by atoms with Crippen LogP contribution in [0.5, 0.6) is 5.06 Å². The van der Waals surface area contributed by atoms with Crippen LogP contribution in [0.15, 0.2) is 36.4 Å². The van der Waals surface area contributed by atoms with Crippen LogP contribution < -0.4 is 4.74 Å². The first-order valence-electron chi connectivity index (χ1n) is 4.51. The van der Waals surface area contributed by atoms with Gasteiger partial charge in [-0.05, 0) is 18.6 Å². The van der Waals surface area contributed by atoms with Crippen molar-refractivity contribution in [2.45, 2.75) is 6.92 Å². The molecule has 0 aliphatic heterocycles. The van der Waals surface area contributed by atoms with Crippen LogP contribution in [-0.2, 0) is 0 Å². The predicted molar refractivity (Wildman–Crippen MR) is 61.0 cm³/mol. The summed E-state index contributed by atoms with van der Waals surface area (Å²) < 4.78 is 5.27. The third-order valence-electron chi connectivity index (χ3n) is 2.12. The number of methoxy groups -OCH3 is 1. The maximum Gasteiger partial charge on any atom is 0.176 e. The van der Waals surface area contributed by atoms with E-state index in [1.165, 1.54) is 16.0 Å². The van der Waals surface area contributed by atoms with E-state index in [1.807, 2.05) is 6.07 Å². The lowest BCUT2D eigenvalue weighted by Crippen LogP contribution is -1.77. The number of thiophene rings is 1. The molecule has 0 spiro atoms. The molecule has 0 N–H and O–H groups in total. The molecule has 2 rings (SSSR count). The average Bonchev–Trinajstić information content (AvgIpc) is 2.61. The monoisotopic (exact) mass is 204 g/mol. The van der Waals surface area contributed by atoms with Crippen LogP contribution in [0.25, 0.3) is 10.4 Å². The van der Waals surface area contributed by atoms with Gasteiger partial charge in [0.2, 0.25) is 0 Å². The molecule has 0 aliphatic carbocycles. The second kappa shape index (κ2) is 3.84. The van der Waals surface area contributed by atoms with Crippen LogP contribution in [0.3, 0.4) is 0 Å². The van der Waals surface area contributed by atoms with E-state index in [2.05, 4.69) is 37.3 Å². The number of rotatable bonds is 2. The highest BCUT2D eigenvalue weighted by Crippen LogP contribution is 2.36. The molecule has 14 heavy (non-hydrogen) atoms. The molecule has 72 valence electrons. The van der Waals surface area contributed by atoms with Crippen LogP contribution >= 0.6 is 11.3 Å². The molecule has 0 saturated carbocycles. The Labute approximate surface area is 88.0 Å². The minimum atomic E-state index is 1.00. The zero-order chi connectivity index (χ0) is 9.97. The van der Waals surface area contributed by atoms with Crippen molar-refractivity contribution < 1.29 is 4.74 Å².